The molecule has 1 N–H and O–H groups in total. The van der Waals surface area contributed by atoms with Crippen molar-refractivity contribution >= 4 is 5.57 Å². The lowest BCUT2D eigenvalue weighted by Crippen LogP contribution is -2.01. The number of hydrogen-bond donors (Lipinski definition) is 1. The number of allylic oxidation sites excluding steroid dienone is 4. The lowest BCUT2D eigenvalue weighted by molar-refractivity contribution is 0.108. The molecule has 0 aliphatic rings. The standard InChI is InChI=1S/C32H41NO4/c1-5-29(30-14-15-31(27(3)24-30)32-25-33-17-16-26(32)2)13-12-28(4)37-23-11-10-22-36-21-9-8-20-35-19-7-6-18-34/h5,12-17,24-25,34H,4,6-9,18-23H2,1-3H3/b13-12-,29-5+. The van der Waals surface area contributed by atoms with Crippen molar-refractivity contribution in [2.24, 2.45) is 0 Å². The number of unbranched alkanes of at least 4 members (excludes halogenated alkanes) is 2. The lowest BCUT2D eigenvalue weighted by atomic mass is 9.94. The molecule has 0 spiro atoms. The fourth-order valence-electron chi connectivity index (χ4n) is 3.66. The van der Waals surface area contributed by atoms with E-state index < -0.39 is 0 Å². The van der Waals surface area contributed by atoms with Crippen molar-refractivity contribution in [2.45, 2.75) is 46.5 Å². The Bertz CT molecular complexity index is 1090. The van der Waals surface area contributed by atoms with Gasteiger partial charge in [0.25, 0.3) is 0 Å². The first-order valence-corrected chi connectivity index (χ1v) is 13.0. The van der Waals surface area contributed by atoms with E-state index >= 15 is 0 Å². The van der Waals surface area contributed by atoms with Crippen LogP contribution in [0.25, 0.3) is 16.7 Å². The molecule has 0 bridgehead atoms. The fraction of sp³-hybridized carbons (Fsp3) is 0.406. The minimum Gasteiger partial charge on any atom is -0.482 e. The number of ether oxygens (including phenoxy) is 3. The Kier molecular flexibility index (Phi) is 14.7. The molecule has 0 aliphatic carbocycles. The lowest BCUT2D eigenvalue weighted by Gasteiger charge is -2.11. The summed E-state index contributed by atoms with van der Waals surface area (Å²) in [4.78, 5) is 4.28. The zero-order valence-electron chi connectivity index (χ0n) is 22.6. The molecule has 1 aromatic carbocycles. The molecular formula is C32H41NO4. The number of benzene rings is 1. The molecule has 5 nitrogen and oxygen atoms in total. The third kappa shape index (κ3) is 11.6. The van der Waals surface area contributed by atoms with Crippen molar-refractivity contribution in [3.05, 3.63) is 83.9 Å². The first-order valence-electron chi connectivity index (χ1n) is 13.0. The highest BCUT2D eigenvalue weighted by Crippen LogP contribution is 2.29. The zero-order valence-corrected chi connectivity index (χ0v) is 22.6. The van der Waals surface area contributed by atoms with Crippen LogP contribution < -0.4 is 0 Å². The van der Waals surface area contributed by atoms with Crippen LogP contribution in [0.5, 0.6) is 0 Å². The van der Waals surface area contributed by atoms with Crippen molar-refractivity contribution in [2.75, 3.05) is 39.6 Å². The molecule has 0 amide bonds. The largest absolute Gasteiger partial charge is 0.482 e. The quantitative estimate of drug-likeness (QED) is 0.124. The molecule has 1 heterocycles. The van der Waals surface area contributed by atoms with Crippen LogP contribution >= 0.6 is 0 Å². The summed E-state index contributed by atoms with van der Waals surface area (Å²) in [6, 6.07) is 8.52. The monoisotopic (exact) mass is 503 g/mol. The van der Waals surface area contributed by atoms with E-state index in [4.69, 9.17) is 19.3 Å². The number of aryl methyl sites for hydroxylation is 2. The molecule has 2 aromatic rings. The molecule has 2 rings (SSSR count). The van der Waals surface area contributed by atoms with Crippen molar-refractivity contribution in [1.82, 2.24) is 4.98 Å². The highest BCUT2D eigenvalue weighted by molar-refractivity contribution is 5.78. The van der Waals surface area contributed by atoms with Crippen LogP contribution in [0, 0.1) is 25.7 Å². The third-order valence-electron chi connectivity index (χ3n) is 5.80. The van der Waals surface area contributed by atoms with Crippen molar-refractivity contribution in [3.63, 3.8) is 0 Å². The minimum atomic E-state index is 0.230. The maximum atomic E-state index is 8.71. The summed E-state index contributed by atoms with van der Waals surface area (Å²) < 4.78 is 16.6. The van der Waals surface area contributed by atoms with E-state index in [1.807, 2.05) is 37.5 Å². The van der Waals surface area contributed by atoms with E-state index in [9.17, 15) is 0 Å². The molecule has 37 heavy (non-hydrogen) atoms. The van der Waals surface area contributed by atoms with Gasteiger partial charge in [0.1, 0.15) is 19.0 Å². The summed E-state index contributed by atoms with van der Waals surface area (Å²) in [7, 11) is 0. The number of pyridine rings is 1. The number of aliphatic hydroxyl groups is 1. The van der Waals surface area contributed by atoms with Crippen LogP contribution in [0.4, 0.5) is 0 Å². The van der Waals surface area contributed by atoms with Gasteiger partial charge in [-0.15, -0.1) is 0 Å². The van der Waals surface area contributed by atoms with E-state index in [0.717, 1.165) is 49.0 Å². The van der Waals surface area contributed by atoms with Crippen LogP contribution in [0.2, 0.25) is 0 Å². The van der Waals surface area contributed by atoms with Crippen LogP contribution in [-0.4, -0.2) is 49.7 Å². The predicted octanol–water partition coefficient (Wildman–Crippen LogP) is 6.44. The molecule has 0 unspecified atom stereocenters. The van der Waals surface area contributed by atoms with Crippen LogP contribution in [0.3, 0.4) is 0 Å². The average molecular weight is 504 g/mol. The second-order valence-electron chi connectivity index (χ2n) is 8.71. The third-order valence-corrected chi connectivity index (χ3v) is 5.80. The number of hydrogen-bond acceptors (Lipinski definition) is 5. The van der Waals surface area contributed by atoms with Gasteiger partial charge in [-0.3, -0.25) is 4.98 Å². The molecule has 1 aromatic heterocycles. The van der Waals surface area contributed by atoms with Crippen molar-refractivity contribution < 1.29 is 19.3 Å². The minimum absolute atomic E-state index is 0.230. The Hall–Kier alpha value is -3.17. The van der Waals surface area contributed by atoms with E-state index in [1.54, 1.807) is 0 Å². The first kappa shape index (κ1) is 30.1. The fourth-order valence-corrected chi connectivity index (χ4v) is 3.66. The van der Waals surface area contributed by atoms with E-state index in [0.29, 0.717) is 25.6 Å². The molecule has 0 fully saturated rings. The molecule has 0 atom stereocenters. The molecule has 0 saturated heterocycles. The van der Waals surface area contributed by atoms with Gasteiger partial charge in [-0.05, 0) is 86.4 Å². The summed E-state index contributed by atoms with van der Waals surface area (Å²) in [5.74, 6) is 6.48. The number of aliphatic hydroxyl groups excluding tert-OH is 1. The Labute approximate surface area is 222 Å². The van der Waals surface area contributed by atoms with Gasteiger partial charge in [0.2, 0.25) is 0 Å². The van der Waals surface area contributed by atoms with Gasteiger partial charge in [-0.1, -0.05) is 48.8 Å². The zero-order chi connectivity index (χ0) is 26.7. The maximum absolute atomic E-state index is 8.71. The van der Waals surface area contributed by atoms with Crippen molar-refractivity contribution in [1.29, 1.82) is 0 Å². The van der Waals surface area contributed by atoms with Crippen LogP contribution in [0.15, 0.2) is 67.2 Å². The highest BCUT2D eigenvalue weighted by atomic mass is 16.5. The SMILES string of the molecule is C=C(/C=C\C(=C/C)c1ccc(-c2cnccc2C)c(C)c1)OCC#CCOCCCCOCCCCO. The molecule has 0 radical (unpaired) electrons. The summed E-state index contributed by atoms with van der Waals surface area (Å²) >= 11 is 0. The van der Waals surface area contributed by atoms with Gasteiger partial charge >= 0.3 is 0 Å². The van der Waals surface area contributed by atoms with Crippen LogP contribution in [0.1, 0.15) is 49.3 Å². The molecule has 0 aliphatic heterocycles. The Balaban J connectivity index is 1.69. The Morgan fingerprint density at radius 2 is 1.65 bits per heavy atom. The highest BCUT2D eigenvalue weighted by Gasteiger charge is 2.07. The first-order chi connectivity index (χ1) is 18.1. The van der Waals surface area contributed by atoms with E-state index in [2.05, 4.69) is 61.5 Å². The summed E-state index contributed by atoms with van der Waals surface area (Å²) in [5, 5.41) is 8.71. The number of rotatable bonds is 16. The predicted molar refractivity (Wildman–Crippen MR) is 152 cm³/mol. The number of nitrogens with zero attached hydrogens (tertiary/aromatic N) is 1. The average Bonchev–Trinajstić information content (AvgIpc) is 2.90. The Morgan fingerprint density at radius 3 is 2.35 bits per heavy atom. The summed E-state index contributed by atoms with van der Waals surface area (Å²) in [6.07, 6.45) is 13.3. The summed E-state index contributed by atoms with van der Waals surface area (Å²) in [5.41, 5.74) is 7.01. The molecule has 0 saturated carbocycles. The van der Waals surface area contributed by atoms with Gasteiger partial charge in [0.05, 0.1) is 0 Å². The van der Waals surface area contributed by atoms with Gasteiger partial charge in [-0.2, -0.15) is 0 Å². The van der Waals surface area contributed by atoms with Gasteiger partial charge < -0.3 is 19.3 Å². The normalized spacial score (nSPS) is 11.4. The second-order valence-corrected chi connectivity index (χ2v) is 8.71. The van der Waals surface area contributed by atoms with Gasteiger partial charge in [0, 0.05) is 44.4 Å². The molecular weight excluding hydrogens is 462 g/mol. The van der Waals surface area contributed by atoms with Crippen LogP contribution in [-0.2, 0) is 14.2 Å². The van der Waals surface area contributed by atoms with E-state index in [-0.39, 0.29) is 13.2 Å². The van der Waals surface area contributed by atoms with Crippen molar-refractivity contribution in [3.8, 4) is 23.0 Å². The summed E-state index contributed by atoms with van der Waals surface area (Å²) in [6.45, 7) is 13.2. The Morgan fingerprint density at radius 1 is 0.919 bits per heavy atom. The van der Waals surface area contributed by atoms with Gasteiger partial charge in [0.15, 0.2) is 0 Å². The topological polar surface area (TPSA) is 60.8 Å². The smallest absolute Gasteiger partial charge is 0.149 e. The second kappa shape index (κ2) is 18.1. The van der Waals surface area contributed by atoms with E-state index in [1.165, 1.54) is 16.7 Å². The van der Waals surface area contributed by atoms with Gasteiger partial charge in [-0.25, -0.2) is 0 Å². The molecule has 198 valence electrons. The number of aromatic nitrogens is 1. The molecule has 5 heteroatoms. The maximum Gasteiger partial charge on any atom is 0.149 e.